The zero-order valence-electron chi connectivity index (χ0n) is 18.5. The number of carbonyl (C=O) groups excluding carboxylic acids is 1. The van der Waals surface area contributed by atoms with Gasteiger partial charge in [-0.05, 0) is 30.8 Å². The van der Waals surface area contributed by atoms with Crippen molar-refractivity contribution >= 4 is 34.8 Å². The lowest BCUT2D eigenvalue weighted by molar-refractivity contribution is 0.102. The second-order valence-electron chi connectivity index (χ2n) is 7.95. The van der Waals surface area contributed by atoms with Gasteiger partial charge in [-0.15, -0.1) is 0 Å². The van der Waals surface area contributed by atoms with Gasteiger partial charge < -0.3 is 26.3 Å². The van der Waals surface area contributed by atoms with Crippen LogP contribution >= 0.6 is 0 Å². The molecule has 1 aromatic heterocycles. The monoisotopic (exact) mass is 441 g/mol. The second kappa shape index (κ2) is 10.1. The van der Waals surface area contributed by atoms with E-state index in [4.69, 9.17) is 11.1 Å². The van der Waals surface area contributed by atoms with Crippen LogP contribution in [0.5, 0.6) is 0 Å². The fourth-order valence-electron chi connectivity index (χ4n) is 3.68. The lowest BCUT2D eigenvalue weighted by Crippen LogP contribution is -2.44. The summed E-state index contributed by atoms with van der Waals surface area (Å²) in [7, 11) is 2.09. The Bertz CT molecular complexity index is 1150. The summed E-state index contributed by atoms with van der Waals surface area (Å²) in [6, 6.07) is 13.4. The van der Waals surface area contributed by atoms with Crippen molar-refractivity contribution in [2.24, 2.45) is 0 Å². The number of aromatic nitrogens is 2. The van der Waals surface area contributed by atoms with E-state index in [1.807, 2.05) is 42.5 Å². The number of anilines is 3. The number of hydrogen-bond acceptors (Lipinski definition) is 7. The van der Waals surface area contributed by atoms with Crippen LogP contribution in [0.25, 0.3) is 6.08 Å². The molecule has 33 heavy (non-hydrogen) atoms. The number of nitrogen functional groups attached to an aromatic ring is 1. The van der Waals surface area contributed by atoms with Crippen LogP contribution in [0.2, 0.25) is 0 Å². The van der Waals surface area contributed by atoms with Crippen LogP contribution in [0.1, 0.15) is 21.6 Å². The minimum atomic E-state index is -0.361. The molecule has 2 aromatic carbocycles. The van der Waals surface area contributed by atoms with Crippen LogP contribution < -0.4 is 16.0 Å². The van der Waals surface area contributed by atoms with Gasteiger partial charge in [-0.3, -0.25) is 9.78 Å². The summed E-state index contributed by atoms with van der Waals surface area (Å²) < 4.78 is 0. The van der Waals surface area contributed by atoms with Crippen LogP contribution in [-0.4, -0.2) is 59.7 Å². The number of nitrogens with one attached hydrogen (secondary N) is 2. The van der Waals surface area contributed by atoms with Crippen molar-refractivity contribution < 1.29 is 4.79 Å². The molecular weight excluding hydrogens is 414 g/mol. The third kappa shape index (κ3) is 5.42. The van der Waals surface area contributed by atoms with Crippen LogP contribution in [0.4, 0.5) is 17.1 Å². The molecule has 0 radical (unpaired) electrons. The fraction of sp³-hybridized carbons (Fsp3) is 0.200. The summed E-state index contributed by atoms with van der Waals surface area (Å²) in [5.41, 5.74) is 10.3. The molecule has 0 saturated carbocycles. The highest BCUT2D eigenvalue weighted by Gasteiger charge is 2.21. The number of hydrogen-bond donors (Lipinski definition) is 3. The lowest BCUT2D eigenvalue weighted by atomic mass is 10.0. The first kappa shape index (κ1) is 22.2. The molecule has 2 heterocycles. The van der Waals surface area contributed by atoms with Gasteiger partial charge in [0.2, 0.25) is 0 Å². The van der Waals surface area contributed by atoms with Crippen molar-refractivity contribution in [2.75, 3.05) is 49.2 Å². The first-order chi connectivity index (χ1) is 16.0. The standard InChI is InChI=1S/C25H27N7O/c1-31-11-13-32(14-12-31)24-16-21(27)19(20(26)8-7-18-5-3-2-4-6-18)15-22(24)30-25(33)23-17-28-9-10-29-23/h2-10,15-17,26H,11-14,27H2,1H3,(H,30,33)/b8-7+,26-20?. The Morgan fingerprint density at radius 1 is 1.12 bits per heavy atom. The van der Waals surface area contributed by atoms with E-state index in [9.17, 15) is 4.79 Å². The topological polar surface area (TPSA) is 111 Å². The average molecular weight is 442 g/mol. The maximum atomic E-state index is 12.8. The minimum absolute atomic E-state index is 0.222. The van der Waals surface area contributed by atoms with E-state index in [1.165, 1.54) is 18.6 Å². The number of amides is 1. The van der Waals surface area contributed by atoms with Crippen LogP contribution in [0.3, 0.4) is 0 Å². The molecule has 0 atom stereocenters. The fourth-order valence-corrected chi connectivity index (χ4v) is 3.68. The Hall–Kier alpha value is -4.04. The summed E-state index contributed by atoms with van der Waals surface area (Å²) in [5, 5.41) is 11.5. The van der Waals surface area contributed by atoms with Crippen molar-refractivity contribution in [3.63, 3.8) is 0 Å². The molecule has 1 amide bonds. The molecule has 4 N–H and O–H groups in total. The Kier molecular flexibility index (Phi) is 6.75. The quantitative estimate of drug-likeness (QED) is 0.400. The van der Waals surface area contributed by atoms with Gasteiger partial charge >= 0.3 is 0 Å². The first-order valence-corrected chi connectivity index (χ1v) is 10.8. The Morgan fingerprint density at radius 2 is 1.88 bits per heavy atom. The van der Waals surface area contributed by atoms with Gasteiger partial charge in [0.1, 0.15) is 5.69 Å². The molecule has 1 aliphatic heterocycles. The van der Waals surface area contributed by atoms with E-state index in [2.05, 4.69) is 32.1 Å². The molecule has 0 aliphatic carbocycles. The van der Waals surface area contributed by atoms with Gasteiger partial charge in [0.15, 0.2) is 0 Å². The van der Waals surface area contributed by atoms with Crippen molar-refractivity contribution in [3.05, 3.63) is 84.0 Å². The number of rotatable bonds is 6. The van der Waals surface area contributed by atoms with E-state index in [-0.39, 0.29) is 17.3 Å². The molecule has 0 spiro atoms. The van der Waals surface area contributed by atoms with Gasteiger partial charge in [-0.1, -0.05) is 36.4 Å². The van der Waals surface area contributed by atoms with Gasteiger partial charge in [0.25, 0.3) is 5.91 Å². The normalized spacial score (nSPS) is 14.4. The zero-order valence-corrected chi connectivity index (χ0v) is 18.5. The molecule has 168 valence electrons. The van der Waals surface area contributed by atoms with Crippen molar-refractivity contribution in [3.8, 4) is 0 Å². The molecule has 8 nitrogen and oxygen atoms in total. The van der Waals surface area contributed by atoms with Crippen molar-refractivity contribution in [1.29, 1.82) is 5.41 Å². The second-order valence-corrected chi connectivity index (χ2v) is 7.95. The minimum Gasteiger partial charge on any atom is -0.398 e. The number of nitrogens with zero attached hydrogens (tertiary/aromatic N) is 4. The van der Waals surface area contributed by atoms with E-state index in [0.717, 1.165) is 37.4 Å². The zero-order chi connectivity index (χ0) is 23.2. The summed E-state index contributed by atoms with van der Waals surface area (Å²) >= 11 is 0. The Balaban J connectivity index is 1.66. The highest BCUT2D eigenvalue weighted by Crippen LogP contribution is 2.33. The smallest absolute Gasteiger partial charge is 0.275 e. The Labute approximate surface area is 193 Å². The summed E-state index contributed by atoms with van der Waals surface area (Å²) in [4.78, 5) is 25.4. The molecule has 1 fully saturated rings. The van der Waals surface area contributed by atoms with Crippen LogP contribution in [-0.2, 0) is 0 Å². The highest BCUT2D eigenvalue weighted by atomic mass is 16.1. The van der Waals surface area contributed by atoms with Gasteiger partial charge in [-0.2, -0.15) is 0 Å². The van der Waals surface area contributed by atoms with Crippen molar-refractivity contribution in [2.45, 2.75) is 0 Å². The molecular formula is C25H27N7O. The van der Waals surface area contributed by atoms with E-state index in [0.29, 0.717) is 16.9 Å². The largest absolute Gasteiger partial charge is 0.398 e. The van der Waals surface area contributed by atoms with Crippen LogP contribution in [0, 0.1) is 5.41 Å². The number of allylic oxidation sites excluding steroid dienone is 1. The van der Waals surface area contributed by atoms with Crippen molar-refractivity contribution in [1.82, 2.24) is 14.9 Å². The maximum absolute atomic E-state index is 12.8. The van der Waals surface area contributed by atoms with E-state index < -0.39 is 0 Å². The summed E-state index contributed by atoms with van der Waals surface area (Å²) in [6.07, 6.45) is 8.01. The van der Waals surface area contributed by atoms with Gasteiger partial charge in [0.05, 0.1) is 23.3 Å². The molecule has 1 saturated heterocycles. The number of carbonyl (C=O) groups is 1. The highest BCUT2D eigenvalue weighted by molar-refractivity contribution is 6.14. The average Bonchev–Trinajstić information content (AvgIpc) is 2.85. The number of likely N-dealkylation sites (N-methyl/N-ethyl adjacent to an activating group) is 1. The molecule has 0 bridgehead atoms. The molecule has 1 aliphatic rings. The molecule has 0 unspecified atom stereocenters. The summed E-state index contributed by atoms with van der Waals surface area (Å²) in [6.45, 7) is 3.45. The van der Waals surface area contributed by atoms with Gasteiger partial charge in [-0.25, -0.2) is 4.98 Å². The first-order valence-electron chi connectivity index (χ1n) is 10.8. The Morgan fingerprint density at radius 3 is 2.58 bits per heavy atom. The molecule has 3 aromatic rings. The summed E-state index contributed by atoms with van der Waals surface area (Å²) in [5.74, 6) is -0.361. The lowest BCUT2D eigenvalue weighted by Gasteiger charge is -2.35. The third-order valence-electron chi connectivity index (χ3n) is 5.59. The predicted octanol–water partition coefficient (Wildman–Crippen LogP) is 3.14. The van der Waals surface area contributed by atoms with E-state index in [1.54, 1.807) is 12.1 Å². The maximum Gasteiger partial charge on any atom is 0.275 e. The van der Waals surface area contributed by atoms with Crippen LogP contribution in [0.15, 0.2) is 67.1 Å². The molecule has 4 rings (SSSR count). The number of piperazine rings is 1. The third-order valence-corrected chi connectivity index (χ3v) is 5.59. The number of benzene rings is 2. The van der Waals surface area contributed by atoms with E-state index >= 15 is 0 Å². The predicted molar refractivity (Wildman–Crippen MR) is 133 cm³/mol. The molecule has 8 heteroatoms. The number of nitrogens with two attached hydrogens (primary N) is 1. The SMILES string of the molecule is CN1CCN(c2cc(N)c(C(=N)/C=C/c3ccccc3)cc2NC(=O)c2cnccn2)CC1. The van der Waals surface area contributed by atoms with Gasteiger partial charge in [0, 0.05) is 49.8 Å².